The second-order valence-electron chi connectivity index (χ2n) is 5.86. The van der Waals surface area contributed by atoms with Gasteiger partial charge in [0.25, 0.3) is 0 Å². The molecule has 0 radical (unpaired) electrons. The molecule has 2 rings (SSSR count). The molecule has 0 fully saturated rings. The second-order valence-corrected chi connectivity index (χ2v) is 5.86. The molecule has 122 valence electrons. The zero-order chi connectivity index (χ0) is 16.8. The lowest BCUT2D eigenvalue weighted by molar-refractivity contribution is 0.0898. The molecule has 4 nitrogen and oxygen atoms in total. The summed E-state index contributed by atoms with van der Waals surface area (Å²) in [6, 6.07) is 15.6. The van der Waals surface area contributed by atoms with Gasteiger partial charge in [-0.2, -0.15) is 0 Å². The highest BCUT2D eigenvalue weighted by Crippen LogP contribution is 2.22. The van der Waals surface area contributed by atoms with Gasteiger partial charge in [-0.25, -0.2) is 0 Å². The van der Waals surface area contributed by atoms with Crippen LogP contribution in [0.15, 0.2) is 48.5 Å². The number of nitrogen functional groups attached to an aromatic ring is 1. The first kappa shape index (κ1) is 17.0. The number of carbonyl (C=O) groups excluding carboxylic acids is 1. The standard InChI is InChI=1S/C19H24N2O2/c1-14(2)21(12-15-7-5-4-6-8-15)13-18(22)16-9-10-19(23-3)17(20)11-16/h4-11,14H,12-13,20H2,1-3H3. The summed E-state index contributed by atoms with van der Waals surface area (Å²) in [5.41, 5.74) is 8.19. The van der Waals surface area contributed by atoms with Crippen LogP contribution in [-0.2, 0) is 6.54 Å². The quantitative estimate of drug-likeness (QED) is 0.629. The fourth-order valence-electron chi connectivity index (χ4n) is 2.42. The minimum atomic E-state index is 0.0592. The summed E-state index contributed by atoms with van der Waals surface area (Å²) in [5.74, 6) is 0.649. The van der Waals surface area contributed by atoms with Gasteiger partial charge >= 0.3 is 0 Å². The van der Waals surface area contributed by atoms with Gasteiger partial charge in [0.1, 0.15) is 5.75 Å². The number of benzene rings is 2. The van der Waals surface area contributed by atoms with Crippen molar-refractivity contribution < 1.29 is 9.53 Å². The molecular formula is C19H24N2O2. The fraction of sp³-hybridized carbons (Fsp3) is 0.316. The summed E-state index contributed by atoms with van der Waals surface area (Å²) >= 11 is 0. The van der Waals surface area contributed by atoms with Crippen molar-refractivity contribution in [1.29, 1.82) is 0 Å². The number of nitrogens with two attached hydrogens (primary N) is 1. The van der Waals surface area contributed by atoms with Gasteiger partial charge in [-0.05, 0) is 37.6 Å². The van der Waals surface area contributed by atoms with Crippen molar-refractivity contribution in [3.05, 3.63) is 59.7 Å². The molecule has 0 heterocycles. The SMILES string of the molecule is COc1ccc(C(=O)CN(Cc2ccccc2)C(C)C)cc1N. The highest BCUT2D eigenvalue weighted by Gasteiger charge is 2.16. The molecule has 0 saturated carbocycles. The third kappa shape index (κ3) is 4.57. The summed E-state index contributed by atoms with van der Waals surface area (Å²) in [5, 5.41) is 0. The number of rotatable bonds is 7. The number of hydrogen-bond donors (Lipinski definition) is 1. The monoisotopic (exact) mass is 312 g/mol. The van der Waals surface area contributed by atoms with Crippen molar-refractivity contribution in [2.75, 3.05) is 19.4 Å². The van der Waals surface area contributed by atoms with Crippen LogP contribution < -0.4 is 10.5 Å². The lowest BCUT2D eigenvalue weighted by atomic mass is 10.1. The van der Waals surface area contributed by atoms with E-state index in [1.54, 1.807) is 25.3 Å². The molecule has 0 aliphatic rings. The zero-order valence-electron chi connectivity index (χ0n) is 14.0. The van der Waals surface area contributed by atoms with Gasteiger partial charge < -0.3 is 10.5 Å². The highest BCUT2D eigenvalue weighted by molar-refractivity contribution is 5.98. The van der Waals surface area contributed by atoms with Crippen molar-refractivity contribution >= 4 is 11.5 Å². The van der Waals surface area contributed by atoms with Crippen LogP contribution in [0.5, 0.6) is 5.75 Å². The molecule has 4 heteroatoms. The van der Waals surface area contributed by atoms with Crippen molar-refractivity contribution in [3.8, 4) is 5.75 Å². The largest absolute Gasteiger partial charge is 0.495 e. The predicted molar refractivity (Wildman–Crippen MR) is 93.7 cm³/mol. The van der Waals surface area contributed by atoms with Crippen molar-refractivity contribution in [3.63, 3.8) is 0 Å². The molecule has 0 unspecified atom stereocenters. The van der Waals surface area contributed by atoms with Crippen LogP contribution in [0.4, 0.5) is 5.69 Å². The molecule has 0 saturated heterocycles. The molecule has 0 bridgehead atoms. The van der Waals surface area contributed by atoms with E-state index in [1.165, 1.54) is 5.56 Å². The van der Waals surface area contributed by atoms with E-state index in [-0.39, 0.29) is 11.8 Å². The van der Waals surface area contributed by atoms with E-state index in [2.05, 4.69) is 30.9 Å². The van der Waals surface area contributed by atoms with Gasteiger partial charge in [-0.3, -0.25) is 9.69 Å². The predicted octanol–water partition coefficient (Wildman–Crippen LogP) is 3.37. The molecule has 0 spiro atoms. The molecular weight excluding hydrogens is 288 g/mol. The Labute approximate surface area is 137 Å². The first-order valence-electron chi connectivity index (χ1n) is 7.76. The second kappa shape index (κ2) is 7.79. The number of ether oxygens (including phenoxy) is 1. The molecule has 0 amide bonds. The van der Waals surface area contributed by atoms with Gasteiger partial charge in [0.2, 0.25) is 0 Å². The summed E-state index contributed by atoms with van der Waals surface area (Å²) in [4.78, 5) is 14.7. The number of hydrogen-bond acceptors (Lipinski definition) is 4. The maximum atomic E-state index is 12.6. The number of Topliss-reactive ketones (excluding diaryl/α,β-unsaturated/α-hetero) is 1. The fourth-order valence-corrected chi connectivity index (χ4v) is 2.42. The Morgan fingerprint density at radius 1 is 1.17 bits per heavy atom. The number of ketones is 1. The normalized spacial score (nSPS) is 11.0. The smallest absolute Gasteiger partial charge is 0.176 e. The average molecular weight is 312 g/mol. The van der Waals surface area contributed by atoms with Gasteiger partial charge in [0, 0.05) is 18.2 Å². The Bertz CT molecular complexity index is 654. The van der Waals surface area contributed by atoms with Crippen LogP contribution in [0.3, 0.4) is 0 Å². The third-order valence-electron chi connectivity index (χ3n) is 3.86. The summed E-state index contributed by atoms with van der Waals surface area (Å²) in [7, 11) is 1.56. The van der Waals surface area contributed by atoms with E-state index in [9.17, 15) is 4.79 Å². The molecule has 23 heavy (non-hydrogen) atoms. The highest BCUT2D eigenvalue weighted by atomic mass is 16.5. The number of carbonyl (C=O) groups is 1. The maximum Gasteiger partial charge on any atom is 0.176 e. The molecule has 0 aliphatic heterocycles. The maximum absolute atomic E-state index is 12.6. The molecule has 0 atom stereocenters. The number of methoxy groups -OCH3 is 1. The molecule has 2 N–H and O–H groups in total. The van der Waals surface area contributed by atoms with Gasteiger partial charge in [0.05, 0.1) is 19.3 Å². The molecule has 2 aromatic rings. The van der Waals surface area contributed by atoms with Crippen LogP contribution in [0.25, 0.3) is 0 Å². The lowest BCUT2D eigenvalue weighted by Crippen LogP contribution is -2.35. The van der Waals surface area contributed by atoms with Crippen LogP contribution in [0.1, 0.15) is 29.8 Å². The Morgan fingerprint density at radius 3 is 2.43 bits per heavy atom. The van der Waals surface area contributed by atoms with Gasteiger partial charge in [-0.15, -0.1) is 0 Å². The minimum Gasteiger partial charge on any atom is -0.495 e. The van der Waals surface area contributed by atoms with E-state index < -0.39 is 0 Å². The number of nitrogens with zero attached hydrogens (tertiary/aromatic N) is 1. The van der Waals surface area contributed by atoms with E-state index in [0.29, 0.717) is 23.5 Å². The van der Waals surface area contributed by atoms with Crippen LogP contribution in [0, 0.1) is 0 Å². The van der Waals surface area contributed by atoms with Gasteiger partial charge in [-0.1, -0.05) is 30.3 Å². The molecule has 2 aromatic carbocycles. The Balaban J connectivity index is 2.10. The zero-order valence-corrected chi connectivity index (χ0v) is 14.0. The topological polar surface area (TPSA) is 55.6 Å². The van der Waals surface area contributed by atoms with Crippen molar-refractivity contribution in [2.45, 2.75) is 26.4 Å². The number of anilines is 1. The minimum absolute atomic E-state index is 0.0592. The van der Waals surface area contributed by atoms with Crippen LogP contribution >= 0.6 is 0 Å². The van der Waals surface area contributed by atoms with E-state index in [4.69, 9.17) is 10.5 Å². The van der Waals surface area contributed by atoms with E-state index >= 15 is 0 Å². The molecule has 0 aliphatic carbocycles. The van der Waals surface area contributed by atoms with Crippen molar-refractivity contribution in [1.82, 2.24) is 4.90 Å². The van der Waals surface area contributed by atoms with Crippen LogP contribution in [0.2, 0.25) is 0 Å². The van der Waals surface area contributed by atoms with E-state index in [1.807, 2.05) is 18.2 Å². The Morgan fingerprint density at radius 2 is 1.87 bits per heavy atom. The van der Waals surface area contributed by atoms with E-state index in [0.717, 1.165) is 6.54 Å². The third-order valence-corrected chi connectivity index (χ3v) is 3.86. The summed E-state index contributed by atoms with van der Waals surface area (Å²) < 4.78 is 5.13. The Kier molecular flexibility index (Phi) is 5.77. The molecule has 0 aromatic heterocycles. The lowest BCUT2D eigenvalue weighted by Gasteiger charge is -2.26. The van der Waals surface area contributed by atoms with Crippen molar-refractivity contribution in [2.24, 2.45) is 0 Å². The summed E-state index contributed by atoms with van der Waals surface area (Å²) in [6.07, 6.45) is 0. The summed E-state index contributed by atoms with van der Waals surface area (Å²) in [6.45, 7) is 5.30. The Hall–Kier alpha value is -2.33. The average Bonchev–Trinajstić information content (AvgIpc) is 2.55. The van der Waals surface area contributed by atoms with Gasteiger partial charge in [0.15, 0.2) is 5.78 Å². The van der Waals surface area contributed by atoms with Crippen LogP contribution in [-0.4, -0.2) is 30.4 Å². The first-order valence-corrected chi connectivity index (χ1v) is 7.76. The first-order chi connectivity index (χ1) is 11.0.